The summed E-state index contributed by atoms with van der Waals surface area (Å²) < 4.78 is 13.8. The number of fused-ring (bicyclic) bond motifs is 1. The number of methoxy groups -OCH3 is 1. The minimum Gasteiger partial charge on any atom is -0.493 e. The second-order valence-electron chi connectivity index (χ2n) is 8.05. The predicted octanol–water partition coefficient (Wildman–Crippen LogP) is 5.84. The lowest BCUT2D eigenvalue weighted by Gasteiger charge is -2.18. The van der Waals surface area contributed by atoms with Crippen molar-refractivity contribution >= 4 is 34.9 Å². The summed E-state index contributed by atoms with van der Waals surface area (Å²) >= 11 is 6.16. The first-order valence-corrected chi connectivity index (χ1v) is 11.5. The van der Waals surface area contributed by atoms with Gasteiger partial charge in [0.15, 0.2) is 17.1 Å². The van der Waals surface area contributed by atoms with Gasteiger partial charge < -0.3 is 9.47 Å². The summed E-state index contributed by atoms with van der Waals surface area (Å²) in [5, 5.41) is 9.63. The number of benzene rings is 1. The van der Waals surface area contributed by atoms with E-state index in [9.17, 15) is 0 Å². The molecule has 0 saturated heterocycles. The van der Waals surface area contributed by atoms with Crippen molar-refractivity contribution in [3.63, 3.8) is 0 Å². The average Bonchev–Trinajstić information content (AvgIpc) is 3.50. The first-order chi connectivity index (χ1) is 16.7. The van der Waals surface area contributed by atoms with Gasteiger partial charge in [-0.1, -0.05) is 23.7 Å². The third-order valence-electron chi connectivity index (χ3n) is 5.82. The van der Waals surface area contributed by atoms with Crippen LogP contribution in [-0.2, 0) is 0 Å². The van der Waals surface area contributed by atoms with Gasteiger partial charge in [0.2, 0.25) is 0 Å². The summed E-state index contributed by atoms with van der Waals surface area (Å²) in [6.45, 7) is 0. The Morgan fingerprint density at radius 1 is 1.12 bits per heavy atom. The number of hydrogen-bond donors (Lipinski definition) is 0. The molecular weight excluding hydrogens is 450 g/mol. The SMILES string of the molecule is COc1cccc(C=Cc2nc3cc(Cl)cnc3n2-c2ccc(C#N)cn2)c1OC1CCCC1. The van der Waals surface area contributed by atoms with Crippen LogP contribution in [0.3, 0.4) is 0 Å². The third-order valence-corrected chi connectivity index (χ3v) is 6.03. The molecule has 0 amide bonds. The summed E-state index contributed by atoms with van der Waals surface area (Å²) in [7, 11) is 1.65. The van der Waals surface area contributed by atoms with E-state index in [2.05, 4.69) is 16.0 Å². The van der Waals surface area contributed by atoms with Crippen LogP contribution in [0.4, 0.5) is 0 Å². The van der Waals surface area contributed by atoms with Crippen LogP contribution in [0.15, 0.2) is 48.8 Å². The maximum Gasteiger partial charge on any atom is 0.168 e. The number of imidazole rings is 1. The van der Waals surface area contributed by atoms with Crippen LogP contribution in [0.2, 0.25) is 5.02 Å². The molecule has 4 aromatic rings. The molecular formula is C26H22ClN5O2. The Kier molecular flexibility index (Phi) is 6.15. The molecule has 0 radical (unpaired) electrons. The zero-order chi connectivity index (χ0) is 23.5. The number of aromatic nitrogens is 4. The molecule has 1 fully saturated rings. The van der Waals surface area contributed by atoms with E-state index in [1.54, 1.807) is 31.5 Å². The van der Waals surface area contributed by atoms with Gasteiger partial charge in [0.25, 0.3) is 0 Å². The van der Waals surface area contributed by atoms with E-state index in [1.807, 2.05) is 34.9 Å². The molecule has 0 atom stereocenters. The fourth-order valence-electron chi connectivity index (χ4n) is 4.17. The highest BCUT2D eigenvalue weighted by atomic mass is 35.5. The Hall–Kier alpha value is -3.89. The lowest BCUT2D eigenvalue weighted by molar-refractivity contribution is 0.200. The van der Waals surface area contributed by atoms with Crippen molar-refractivity contribution in [2.24, 2.45) is 0 Å². The van der Waals surface area contributed by atoms with Crippen molar-refractivity contribution in [2.45, 2.75) is 31.8 Å². The minimum absolute atomic E-state index is 0.196. The topological polar surface area (TPSA) is 85.9 Å². The number of rotatable bonds is 6. The summed E-state index contributed by atoms with van der Waals surface area (Å²) in [4.78, 5) is 13.7. The highest BCUT2D eigenvalue weighted by Gasteiger charge is 2.20. The van der Waals surface area contributed by atoms with Crippen LogP contribution < -0.4 is 9.47 Å². The van der Waals surface area contributed by atoms with Crippen molar-refractivity contribution in [2.75, 3.05) is 7.11 Å². The minimum atomic E-state index is 0.196. The Morgan fingerprint density at radius 2 is 1.97 bits per heavy atom. The fraction of sp³-hybridized carbons (Fsp3) is 0.231. The number of nitriles is 1. The Labute approximate surface area is 202 Å². The number of halogens is 1. The van der Waals surface area contributed by atoms with Crippen molar-refractivity contribution in [1.82, 2.24) is 19.5 Å². The molecule has 0 unspecified atom stereocenters. The third kappa shape index (κ3) is 4.33. The standard InChI is InChI=1S/C26H22ClN5O2/c1-33-22-8-4-5-18(25(22)34-20-6-2-3-7-20)10-12-24-31-21-13-19(27)16-30-26(21)32(24)23-11-9-17(14-28)15-29-23/h4-5,8-13,15-16,20H,2-3,6-7H2,1H3. The lowest BCUT2D eigenvalue weighted by Crippen LogP contribution is -2.12. The van der Waals surface area contributed by atoms with E-state index in [0.29, 0.717) is 39.1 Å². The molecule has 1 aliphatic rings. The Balaban J connectivity index is 1.59. The molecule has 170 valence electrons. The van der Waals surface area contributed by atoms with Crippen molar-refractivity contribution in [3.8, 4) is 23.4 Å². The zero-order valence-corrected chi connectivity index (χ0v) is 19.4. The second-order valence-corrected chi connectivity index (χ2v) is 8.49. The fourth-order valence-corrected chi connectivity index (χ4v) is 4.32. The number of pyridine rings is 2. The van der Waals surface area contributed by atoms with E-state index >= 15 is 0 Å². The lowest BCUT2D eigenvalue weighted by atomic mass is 10.1. The zero-order valence-electron chi connectivity index (χ0n) is 18.6. The summed E-state index contributed by atoms with van der Waals surface area (Å²) in [5.74, 6) is 2.65. The summed E-state index contributed by atoms with van der Waals surface area (Å²) in [6.07, 6.45) is 11.6. The van der Waals surface area contributed by atoms with Crippen molar-refractivity contribution < 1.29 is 9.47 Å². The highest BCUT2D eigenvalue weighted by Crippen LogP contribution is 2.36. The molecule has 1 saturated carbocycles. The van der Waals surface area contributed by atoms with E-state index in [1.165, 1.54) is 19.0 Å². The summed E-state index contributed by atoms with van der Waals surface area (Å²) in [6, 6.07) is 13.2. The van der Waals surface area contributed by atoms with Crippen LogP contribution in [-0.4, -0.2) is 32.7 Å². The monoisotopic (exact) mass is 471 g/mol. The molecule has 0 aliphatic heterocycles. The van der Waals surface area contributed by atoms with Gasteiger partial charge in [-0.25, -0.2) is 15.0 Å². The van der Waals surface area contributed by atoms with Gasteiger partial charge in [-0.15, -0.1) is 0 Å². The molecule has 1 aromatic carbocycles. The van der Waals surface area contributed by atoms with Crippen LogP contribution in [0, 0.1) is 11.3 Å². The molecule has 5 rings (SSSR count). The molecule has 0 spiro atoms. The molecule has 34 heavy (non-hydrogen) atoms. The van der Waals surface area contributed by atoms with E-state index < -0.39 is 0 Å². The molecule has 0 bridgehead atoms. The molecule has 3 aromatic heterocycles. The van der Waals surface area contributed by atoms with Gasteiger partial charge in [-0.2, -0.15) is 5.26 Å². The predicted molar refractivity (Wildman–Crippen MR) is 131 cm³/mol. The molecule has 7 nitrogen and oxygen atoms in total. The van der Waals surface area contributed by atoms with Crippen LogP contribution in [0.5, 0.6) is 11.5 Å². The first kappa shape index (κ1) is 21.9. The van der Waals surface area contributed by atoms with E-state index in [-0.39, 0.29) is 6.10 Å². The van der Waals surface area contributed by atoms with Crippen molar-refractivity contribution in [3.05, 3.63) is 70.8 Å². The normalized spacial score (nSPS) is 14.0. The maximum absolute atomic E-state index is 9.13. The van der Waals surface area contributed by atoms with Crippen LogP contribution in [0.25, 0.3) is 29.1 Å². The Bertz CT molecular complexity index is 1400. The molecule has 3 heterocycles. The van der Waals surface area contributed by atoms with Crippen LogP contribution >= 0.6 is 11.6 Å². The quantitative estimate of drug-likeness (QED) is 0.351. The smallest absolute Gasteiger partial charge is 0.168 e. The highest BCUT2D eigenvalue weighted by molar-refractivity contribution is 6.31. The largest absolute Gasteiger partial charge is 0.493 e. The van der Waals surface area contributed by atoms with Gasteiger partial charge in [0.05, 0.1) is 23.8 Å². The van der Waals surface area contributed by atoms with Crippen molar-refractivity contribution in [1.29, 1.82) is 5.26 Å². The first-order valence-electron chi connectivity index (χ1n) is 11.1. The van der Waals surface area contributed by atoms with Crippen LogP contribution in [0.1, 0.15) is 42.6 Å². The number of hydrogen-bond acceptors (Lipinski definition) is 6. The van der Waals surface area contributed by atoms with Gasteiger partial charge in [0.1, 0.15) is 23.2 Å². The molecule has 8 heteroatoms. The van der Waals surface area contributed by atoms with Gasteiger partial charge >= 0.3 is 0 Å². The average molecular weight is 472 g/mol. The molecule has 1 aliphatic carbocycles. The summed E-state index contributed by atoms with van der Waals surface area (Å²) in [5.41, 5.74) is 2.63. The molecule has 0 N–H and O–H groups in total. The van der Waals surface area contributed by atoms with Gasteiger partial charge in [-0.3, -0.25) is 4.57 Å². The number of para-hydroxylation sites is 1. The number of nitrogens with zero attached hydrogens (tertiary/aromatic N) is 5. The van der Waals surface area contributed by atoms with E-state index in [4.69, 9.17) is 31.3 Å². The van der Waals surface area contributed by atoms with E-state index in [0.717, 1.165) is 24.2 Å². The maximum atomic E-state index is 9.13. The van der Waals surface area contributed by atoms with Gasteiger partial charge in [-0.05, 0) is 62.1 Å². The Morgan fingerprint density at radius 3 is 2.71 bits per heavy atom. The van der Waals surface area contributed by atoms with Gasteiger partial charge in [0, 0.05) is 18.0 Å². The second kappa shape index (κ2) is 9.54. The number of ether oxygens (including phenoxy) is 2.